The van der Waals surface area contributed by atoms with Crippen LogP contribution in [0.5, 0.6) is 0 Å². The van der Waals surface area contributed by atoms with Crippen LogP contribution in [0.1, 0.15) is 555 Å². The van der Waals surface area contributed by atoms with Crippen LogP contribution in [0, 0.1) is 76.9 Å². The number of nitrogens with one attached hydrogen (secondary N) is 1. The van der Waals surface area contributed by atoms with Crippen LogP contribution in [-0.4, -0.2) is 17.6 Å². The third kappa shape index (κ3) is 49.0. The molecular formula is C134H228N2. The topological polar surface area (TPSA) is 24.9 Å². The molecule has 24 aliphatic rings. The van der Waals surface area contributed by atoms with Crippen molar-refractivity contribution in [1.29, 1.82) is 0 Å². The standard InChI is InChI=1S/C14H12.C11H20.C11H18.C10H18.C10H12.C9H17N.C9H11N.C9H10.C8H14.2C7H12.C6H10.C5H8.9C2H6/c1-10-11-6-2-4-8-13(11)14-9-5-3-7-12(10)14;2*1-4-10-6-2-7-11(5-1)9-3-8-10;2*1-2-6-10-8-4-3-7-9(10)5-1;2*1-2-6-9-8(4-1)5-3-7-10-9;1-2-5-9-7-3-6-8(9)4-1;1-2-8-5-3-7(1)4-6-8;1-2-7-4-3-6(1)5-7;1-2-6-4-7(3-1)5-6;1-2-4-6-5-3-1;1-2-4-5-3-1;9*1-2/h2-10H,1H3;10-11H,1-9H2;1,4,10-11H,2-3,5-9H2;9-10H,1-8H2;1-2,5-6H,3-4,7-8H2;8-10H,1-7H2;3,5,7H,1-2,4,6H2;1-2,4-5H,3,6-7H2;7-8H,1-6H2;2*6-7H,1-5H2;1-2H,3-6H2;1-2H,3-5H2;9*1-2H3. The summed E-state index contributed by atoms with van der Waals surface area (Å²) in [6.07, 6.45) is 110. The van der Waals surface area contributed by atoms with Crippen LogP contribution in [0.15, 0.2) is 152 Å². The van der Waals surface area contributed by atoms with Crippen LogP contribution in [0.2, 0.25) is 0 Å². The monoisotopic (exact) mass is 1870 g/mol. The van der Waals surface area contributed by atoms with Crippen molar-refractivity contribution < 1.29 is 0 Å². The third-order valence-corrected chi connectivity index (χ3v) is 33.2. The zero-order chi connectivity index (χ0) is 98.5. The molecule has 2 atom stereocenters. The van der Waals surface area contributed by atoms with E-state index < -0.39 is 0 Å². The van der Waals surface area contributed by atoms with Gasteiger partial charge in [-0.15, -0.1) is 0 Å². The summed E-state index contributed by atoms with van der Waals surface area (Å²) in [5.41, 5.74) is 14.8. The van der Waals surface area contributed by atoms with Gasteiger partial charge in [0.2, 0.25) is 0 Å². The van der Waals surface area contributed by atoms with Gasteiger partial charge in [-0.2, -0.15) is 0 Å². The summed E-state index contributed by atoms with van der Waals surface area (Å²) in [5.74, 6) is 15.1. The van der Waals surface area contributed by atoms with Crippen molar-refractivity contribution in [3.8, 4) is 11.1 Å². The molecule has 1 aliphatic heterocycles. The second-order valence-electron chi connectivity index (χ2n) is 41.7. The number of benzene rings is 4. The number of nitrogens with zero attached hydrogens (tertiary/aromatic N) is 1. The summed E-state index contributed by atoms with van der Waals surface area (Å²) in [5, 5.41) is 3.62. The Morgan fingerprint density at radius 1 is 0.235 bits per heavy atom. The van der Waals surface area contributed by atoms with Gasteiger partial charge in [-0.05, 0) is 319 Å². The Labute approximate surface area is 850 Å². The maximum atomic E-state index is 4.32. The second-order valence-corrected chi connectivity index (χ2v) is 41.7. The van der Waals surface area contributed by atoms with Crippen molar-refractivity contribution in [2.45, 2.75) is 554 Å². The highest BCUT2D eigenvalue weighted by Crippen LogP contribution is 2.48. The molecule has 0 radical (unpaired) electrons. The van der Waals surface area contributed by atoms with E-state index in [1.807, 2.05) is 137 Å². The lowest BCUT2D eigenvalue weighted by Gasteiger charge is -2.40. The summed E-state index contributed by atoms with van der Waals surface area (Å²) in [6, 6.07) is 40.1. The highest BCUT2D eigenvalue weighted by Gasteiger charge is 2.34. The van der Waals surface area contributed by atoms with Gasteiger partial charge < -0.3 is 5.32 Å². The molecule has 15 saturated carbocycles. The maximum Gasteiger partial charge on any atom is 0.0435 e. The molecule has 16 fully saturated rings. The lowest BCUT2D eigenvalue weighted by atomic mass is 9.65. The van der Waals surface area contributed by atoms with Crippen LogP contribution < -0.4 is 5.32 Å². The number of hydrogen-bond donors (Lipinski definition) is 1. The number of fused-ring (bicyclic) bond motifs is 26. The first-order valence-electron chi connectivity index (χ1n) is 61.4. The van der Waals surface area contributed by atoms with E-state index in [0.717, 1.165) is 59.3 Å². The van der Waals surface area contributed by atoms with Gasteiger partial charge in [-0.25, -0.2) is 0 Å². The van der Waals surface area contributed by atoms with Crippen molar-refractivity contribution in [2.75, 3.05) is 6.54 Å². The average molecular weight is 1870 g/mol. The zero-order valence-electron chi connectivity index (χ0n) is 94.0. The van der Waals surface area contributed by atoms with Crippen molar-refractivity contribution >= 4 is 0 Å². The van der Waals surface area contributed by atoms with Gasteiger partial charge >= 0.3 is 0 Å². The molecule has 10 bridgehead atoms. The van der Waals surface area contributed by atoms with Crippen LogP contribution in [0.25, 0.3) is 11.1 Å². The molecule has 136 heavy (non-hydrogen) atoms. The number of hydrogen-bond acceptors (Lipinski definition) is 2. The van der Waals surface area contributed by atoms with E-state index in [0.29, 0.717) is 5.92 Å². The molecule has 4 aromatic carbocycles. The fourth-order valence-electron chi connectivity index (χ4n) is 25.8. The van der Waals surface area contributed by atoms with E-state index in [1.54, 1.807) is 183 Å². The molecule has 29 rings (SSSR count). The summed E-state index contributed by atoms with van der Waals surface area (Å²) in [7, 11) is 0. The van der Waals surface area contributed by atoms with Crippen molar-refractivity contribution in [3.63, 3.8) is 0 Å². The Hall–Kier alpha value is -4.79. The van der Waals surface area contributed by atoms with E-state index >= 15 is 0 Å². The zero-order valence-corrected chi connectivity index (χ0v) is 94.0. The number of rotatable bonds is 0. The van der Waals surface area contributed by atoms with Gasteiger partial charge in [0, 0.05) is 23.9 Å². The lowest BCUT2D eigenvalue weighted by Crippen LogP contribution is -2.42. The Morgan fingerprint density at radius 2 is 0.551 bits per heavy atom. The smallest absolute Gasteiger partial charge is 0.0435 e. The Bertz CT molecular complexity index is 3240. The van der Waals surface area contributed by atoms with E-state index in [4.69, 9.17) is 0 Å². The quantitative estimate of drug-likeness (QED) is 0.156. The molecular weight excluding hydrogens is 1640 g/mol. The molecule has 774 valence electrons. The average Bonchev–Trinajstić information content (AvgIpc) is 1.62. The molecule has 1 aromatic heterocycles. The molecule has 5 aromatic rings. The molecule has 23 aliphatic carbocycles. The third-order valence-electron chi connectivity index (χ3n) is 33.2. The predicted molar refractivity (Wildman–Crippen MR) is 613 cm³/mol. The van der Waals surface area contributed by atoms with Crippen molar-refractivity contribution in [3.05, 3.63) is 196 Å². The normalized spacial score (nSPS) is 26.8. The molecule has 2 unspecified atom stereocenters. The van der Waals surface area contributed by atoms with Crippen LogP contribution in [0.4, 0.5) is 0 Å². The summed E-state index contributed by atoms with van der Waals surface area (Å²) >= 11 is 0. The van der Waals surface area contributed by atoms with Crippen LogP contribution in [-0.2, 0) is 38.5 Å². The first-order chi connectivity index (χ1) is 67.5. The maximum absolute atomic E-state index is 4.32. The molecule has 2 heterocycles. The van der Waals surface area contributed by atoms with Crippen molar-refractivity contribution in [2.24, 2.45) is 76.9 Å². The minimum atomic E-state index is 0.558. The molecule has 2 heteroatoms. The molecule has 2 nitrogen and oxygen atoms in total. The summed E-state index contributed by atoms with van der Waals surface area (Å²) < 4.78 is 0. The SMILES string of the molecule is C1=CC2CCCC(C1)CCC2.C1=CCCC1.C1=CCCCC1.C1CC2CC(C1)C2.C1CC2CCC1C2.C1CC2CCC1CC2.C1CC2CCCC(C1)CCC2.C1CCC2CCCCC2C1.C1CCC2NCCCC2C1.CC.CC.CC.CC.CC.CC.CC.CC.CC.CC1c2ccccc2-c2ccccc21.c1ccc2c(c1)CCC2.c1ccc2c(c1)CCCC2.c1cnc2c(c1)CCCC2. The number of aromatic nitrogens is 1. The first-order valence-corrected chi connectivity index (χ1v) is 61.4. The highest BCUT2D eigenvalue weighted by molar-refractivity contribution is 5.78. The lowest BCUT2D eigenvalue weighted by molar-refractivity contribution is 0.116. The predicted octanol–water partition coefficient (Wildman–Crippen LogP) is 43.2. The highest BCUT2D eigenvalue weighted by atomic mass is 14.9. The van der Waals surface area contributed by atoms with Crippen LogP contribution >= 0.6 is 0 Å². The molecule has 1 N–H and O–H groups in total. The number of pyridine rings is 1. The minimum Gasteiger partial charge on any atom is -0.314 e. The first kappa shape index (κ1) is 124. The number of piperidine rings is 1. The van der Waals surface area contributed by atoms with Gasteiger partial charge in [-0.3, -0.25) is 4.98 Å². The number of aryl methyl sites for hydroxylation is 6. The van der Waals surface area contributed by atoms with Crippen LogP contribution in [0.3, 0.4) is 0 Å². The molecule has 1 saturated heterocycles. The fourth-order valence-corrected chi connectivity index (χ4v) is 25.8. The van der Waals surface area contributed by atoms with E-state index in [1.165, 1.54) is 314 Å². The largest absolute Gasteiger partial charge is 0.314 e. The van der Waals surface area contributed by atoms with Gasteiger partial charge in [-0.1, -0.05) is 502 Å². The van der Waals surface area contributed by atoms with E-state index in [9.17, 15) is 0 Å². The van der Waals surface area contributed by atoms with Gasteiger partial charge in [0.25, 0.3) is 0 Å². The molecule has 0 amide bonds. The van der Waals surface area contributed by atoms with Gasteiger partial charge in [0.05, 0.1) is 0 Å². The summed E-state index contributed by atoms with van der Waals surface area (Å²) in [6.45, 7) is 39.6. The fraction of sp³-hybridized carbons (Fsp3) is 0.739. The summed E-state index contributed by atoms with van der Waals surface area (Å²) in [4.78, 5) is 4.32. The van der Waals surface area contributed by atoms with E-state index in [-0.39, 0.29) is 0 Å². The number of allylic oxidation sites excluding steroid dienone is 6. The molecule has 0 spiro atoms. The van der Waals surface area contributed by atoms with E-state index in [2.05, 4.69) is 157 Å². The Morgan fingerprint density at radius 3 is 0.912 bits per heavy atom. The van der Waals surface area contributed by atoms with Gasteiger partial charge in [0.1, 0.15) is 0 Å². The minimum absolute atomic E-state index is 0.558. The Balaban J connectivity index is 0.000000305. The van der Waals surface area contributed by atoms with Crippen molar-refractivity contribution in [1.82, 2.24) is 10.3 Å². The van der Waals surface area contributed by atoms with Gasteiger partial charge in [0.15, 0.2) is 0 Å². The second kappa shape index (κ2) is 82.6. The Kier molecular flexibility index (Phi) is 75.0.